The van der Waals surface area contributed by atoms with E-state index < -0.39 is 15.8 Å². The molecule has 0 aliphatic heterocycles. The Morgan fingerprint density at radius 1 is 0.967 bits per heavy atom. The van der Waals surface area contributed by atoms with Gasteiger partial charge in [0.05, 0.1) is 16.6 Å². The Bertz CT molecular complexity index is 1190. The van der Waals surface area contributed by atoms with Gasteiger partial charge in [0.25, 0.3) is 15.9 Å². The lowest BCUT2D eigenvalue weighted by molar-refractivity contribution is 0.0932. The van der Waals surface area contributed by atoms with Gasteiger partial charge in [-0.2, -0.15) is 0 Å². The van der Waals surface area contributed by atoms with Gasteiger partial charge in [0, 0.05) is 5.56 Å². The van der Waals surface area contributed by atoms with E-state index in [-0.39, 0.29) is 28.1 Å². The number of rotatable bonds is 5. The first kappa shape index (κ1) is 20.1. The number of benzene rings is 3. The summed E-state index contributed by atoms with van der Waals surface area (Å²) in [7, 11) is -4.04. The van der Waals surface area contributed by atoms with Crippen LogP contribution in [-0.4, -0.2) is 14.3 Å². The van der Waals surface area contributed by atoms with Gasteiger partial charge < -0.3 is 5.32 Å². The summed E-state index contributed by atoms with van der Waals surface area (Å²) >= 11 is 0. The molecule has 2 N–H and O–H groups in total. The fraction of sp³-hybridized carbons (Fsp3) is 0.174. The summed E-state index contributed by atoms with van der Waals surface area (Å²) in [5.41, 5.74) is 2.40. The van der Waals surface area contributed by atoms with Crippen molar-refractivity contribution < 1.29 is 17.6 Å². The maximum absolute atomic E-state index is 13.8. The third-order valence-corrected chi connectivity index (χ3v) is 6.56. The number of sulfonamides is 1. The summed E-state index contributed by atoms with van der Waals surface area (Å²) < 4.78 is 41.4. The molecule has 1 atom stereocenters. The smallest absolute Gasteiger partial charge is 0.262 e. The topological polar surface area (TPSA) is 75.3 Å². The Balaban J connectivity index is 1.55. The number of carbonyl (C=O) groups is 1. The summed E-state index contributed by atoms with van der Waals surface area (Å²) in [5.74, 6) is -1.02. The Morgan fingerprint density at radius 2 is 1.73 bits per heavy atom. The second kappa shape index (κ2) is 8.28. The maximum atomic E-state index is 13.8. The molecule has 3 aromatic rings. The van der Waals surface area contributed by atoms with Gasteiger partial charge in [-0.05, 0) is 60.7 Å². The van der Waals surface area contributed by atoms with E-state index in [2.05, 4.69) is 16.1 Å². The van der Waals surface area contributed by atoms with Crippen LogP contribution in [0, 0.1) is 5.82 Å². The zero-order valence-electron chi connectivity index (χ0n) is 16.1. The molecule has 0 unspecified atom stereocenters. The molecule has 0 bridgehead atoms. The van der Waals surface area contributed by atoms with E-state index in [4.69, 9.17) is 0 Å². The number of aryl methyl sites for hydroxylation is 1. The molecule has 4 rings (SSSR count). The molecule has 7 heteroatoms. The molecule has 0 fully saturated rings. The lowest BCUT2D eigenvalue weighted by Crippen LogP contribution is -2.31. The number of fused-ring (bicyclic) bond motifs is 1. The minimum absolute atomic E-state index is 0.109. The number of hydrogen-bond donors (Lipinski definition) is 2. The van der Waals surface area contributed by atoms with Gasteiger partial charge in [-0.25, -0.2) is 12.8 Å². The number of hydrogen-bond acceptors (Lipinski definition) is 3. The second-order valence-electron chi connectivity index (χ2n) is 7.23. The number of nitrogens with one attached hydrogen (secondary N) is 2. The predicted octanol–water partition coefficient (Wildman–Crippen LogP) is 4.43. The molecule has 5 nitrogen and oxygen atoms in total. The number of halogens is 1. The summed E-state index contributed by atoms with van der Waals surface area (Å²) in [5, 5.41) is 3.01. The number of anilines is 1. The standard InChI is InChI=1S/C23H21FN2O3S/c24-20-12-3-4-13-22(20)26-30(28,29)18-10-5-9-17(15-18)23(27)25-21-14-6-8-16-7-1-2-11-19(16)21/h1-5,7,9-13,15,21,26H,6,8,14H2,(H,25,27)/t21-/m1/s1. The molecule has 1 amide bonds. The third kappa shape index (κ3) is 4.21. The fourth-order valence-electron chi connectivity index (χ4n) is 3.70. The van der Waals surface area contributed by atoms with Crippen molar-refractivity contribution in [1.29, 1.82) is 0 Å². The maximum Gasteiger partial charge on any atom is 0.262 e. The third-order valence-electron chi connectivity index (χ3n) is 5.20. The van der Waals surface area contributed by atoms with E-state index >= 15 is 0 Å². The Morgan fingerprint density at radius 3 is 2.57 bits per heavy atom. The van der Waals surface area contributed by atoms with E-state index in [0.29, 0.717) is 0 Å². The van der Waals surface area contributed by atoms with Crippen molar-refractivity contribution in [3.8, 4) is 0 Å². The summed E-state index contributed by atoms with van der Waals surface area (Å²) in [4.78, 5) is 12.7. The first-order chi connectivity index (χ1) is 14.4. The fourth-order valence-corrected chi connectivity index (χ4v) is 4.81. The van der Waals surface area contributed by atoms with Crippen molar-refractivity contribution in [2.45, 2.75) is 30.2 Å². The molecule has 30 heavy (non-hydrogen) atoms. The largest absolute Gasteiger partial charge is 0.345 e. The van der Waals surface area contributed by atoms with Gasteiger partial charge in [-0.3, -0.25) is 9.52 Å². The lowest BCUT2D eigenvalue weighted by Gasteiger charge is -2.26. The molecule has 0 saturated carbocycles. The molecule has 0 radical (unpaired) electrons. The highest BCUT2D eigenvalue weighted by molar-refractivity contribution is 7.92. The Kier molecular flexibility index (Phi) is 5.55. The molecule has 3 aromatic carbocycles. The zero-order valence-corrected chi connectivity index (χ0v) is 17.0. The van der Waals surface area contributed by atoms with E-state index in [0.717, 1.165) is 24.8 Å². The molecule has 0 heterocycles. The van der Waals surface area contributed by atoms with Gasteiger partial charge in [0.2, 0.25) is 0 Å². The average molecular weight is 424 g/mol. The highest BCUT2D eigenvalue weighted by Crippen LogP contribution is 2.30. The van der Waals surface area contributed by atoms with E-state index in [1.165, 1.54) is 48.0 Å². The predicted molar refractivity (Wildman–Crippen MR) is 113 cm³/mol. The molecular weight excluding hydrogens is 403 g/mol. The first-order valence-electron chi connectivity index (χ1n) is 9.70. The lowest BCUT2D eigenvalue weighted by atomic mass is 9.87. The number of amides is 1. The monoisotopic (exact) mass is 424 g/mol. The molecule has 1 aliphatic carbocycles. The normalized spacial score (nSPS) is 15.8. The molecule has 154 valence electrons. The van der Waals surface area contributed by atoms with Crippen molar-refractivity contribution in [1.82, 2.24) is 5.32 Å². The molecular formula is C23H21FN2O3S. The molecule has 0 aromatic heterocycles. The summed E-state index contributed by atoms with van der Waals surface area (Å²) in [6.45, 7) is 0. The van der Waals surface area contributed by atoms with E-state index in [1.54, 1.807) is 6.07 Å². The summed E-state index contributed by atoms with van der Waals surface area (Å²) in [6.07, 6.45) is 2.79. The van der Waals surface area contributed by atoms with Crippen molar-refractivity contribution in [2.24, 2.45) is 0 Å². The van der Waals surface area contributed by atoms with Gasteiger partial charge >= 0.3 is 0 Å². The molecule has 0 saturated heterocycles. The van der Waals surface area contributed by atoms with E-state index in [1.807, 2.05) is 18.2 Å². The van der Waals surface area contributed by atoms with Crippen molar-refractivity contribution in [3.05, 3.63) is 95.3 Å². The number of carbonyl (C=O) groups excluding carboxylic acids is 1. The first-order valence-corrected chi connectivity index (χ1v) is 11.2. The van der Waals surface area contributed by atoms with Gasteiger partial charge in [0.1, 0.15) is 5.82 Å². The van der Waals surface area contributed by atoms with Crippen molar-refractivity contribution in [3.63, 3.8) is 0 Å². The van der Waals surface area contributed by atoms with E-state index in [9.17, 15) is 17.6 Å². The van der Waals surface area contributed by atoms with Crippen molar-refractivity contribution >= 4 is 21.6 Å². The van der Waals surface area contributed by atoms with Crippen LogP contribution in [0.1, 0.15) is 40.4 Å². The molecule has 0 spiro atoms. The quantitative estimate of drug-likeness (QED) is 0.636. The van der Waals surface area contributed by atoms with Crippen LogP contribution in [0.2, 0.25) is 0 Å². The van der Waals surface area contributed by atoms with Crippen LogP contribution in [0.15, 0.2) is 77.7 Å². The minimum Gasteiger partial charge on any atom is -0.345 e. The summed E-state index contributed by atoms with van der Waals surface area (Å²) in [6, 6.07) is 19.1. The van der Waals surface area contributed by atoms with Crippen LogP contribution in [-0.2, 0) is 16.4 Å². The number of para-hydroxylation sites is 1. The van der Waals surface area contributed by atoms with Gasteiger partial charge in [0.15, 0.2) is 0 Å². The van der Waals surface area contributed by atoms with Crippen LogP contribution < -0.4 is 10.0 Å². The SMILES string of the molecule is O=C(N[C@@H]1CCCc2ccccc21)c1cccc(S(=O)(=O)Nc2ccccc2F)c1. The van der Waals surface area contributed by atoms with Crippen LogP contribution in [0.25, 0.3) is 0 Å². The van der Waals surface area contributed by atoms with Crippen molar-refractivity contribution in [2.75, 3.05) is 4.72 Å². The molecule has 1 aliphatic rings. The van der Waals surface area contributed by atoms with Crippen LogP contribution in [0.3, 0.4) is 0 Å². The van der Waals surface area contributed by atoms with Crippen LogP contribution in [0.5, 0.6) is 0 Å². The zero-order chi connectivity index (χ0) is 21.1. The average Bonchev–Trinajstić information content (AvgIpc) is 2.75. The second-order valence-corrected chi connectivity index (χ2v) is 8.91. The highest BCUT2D eigenvalue weighted by atomic mass is 32.2. The van der Waals surface area contributed by atoms with Crippen LogP contribution in [0.4, 0.5) is 10.1 Å². The minimum atomic E-state index is -4.04. The van der Waals surface area contributed by atoms with Gasteiger partial charge in [-0.1, -0.05) is 42.5 Å². The Labute approximate surface area is 175 Å². The van der Waals surface area contributed by atoms with Crippen LogP contribution >= 0.6 is 0 Å². The van der Waals surface area contributed by atoms with Gasteiger partial charge in [-0.15, -0.1) is 0 Å². The Hall–Kier alpha value is -3.19. The highest BCUT2D eigenvalue weighted by Gasteiger charge is 2.23.